The van der Waals surface area contributed by atoms with Gasteiger partial charge in [0, 0.05) is 23.9 Å². The number of hydrogen-bond donors (Lipinski definition) is 3. The topological polar surface area (TPSA) is 161 Å². The van der Waals surface area contributed by atoms with E-state index in [1.165, 1.54) is 48.5 Å². The summed E-state index contributed by atoms with van der Waals surface area (Å²) in [5.41, 5.74) is -5.08. The largest absolute Gasteiger partial charge is 0.479 e. The lowest BCUT2D eigenvalue weighted by atomic mass is 9.87. The van der Waals surface area contributed by atoms with Crippen LogP contribution in [0.3, 0.4) is 0 Å². The fourth-order valence-corrected chi connectivity index (χ4v) is 6.53. The monoisotopic (exact) mass is 643 g/mol. The maximum Gasteiger partial charge on any atom is 0.433 e. The van der Waals surface area contributed by atoms with Crippen LogP contribution in [0.15, 0.2) is 82.8 Å². The van der Waals surface area contributed by atoms with E-state index in [9.17, 15) is 41.5 Å². The molecule has 0 radical (unpaired) electrons. The van der Waals surface area contributed by atoms with Crippen LogP contribution in [-0.2, 0) is 24.3 Å². The zero-order chi connectivity index (χ0) is 33.4. The van der Waals surface area contributed by atoms with Crippen molar-refractivity contribution in [3.8, 4) is 17.2 Å². The van der Waals surface area contributed by atoms with E-state index < -0.39 is 51.0 Å². The summed E-state index contributed by atoms with van der Waals surface area (Å²) in [6.07, 6.45) is -7.59. The van der Waals surface area contributed by atoms with E-state index in [2.05, 4.69) is 15.1 Å². The first-order chi connectivity index (χ1) is 21.0. The number of methoxy groups -OCH3 is 1. The number of hydrogen-bond acceptors (Lipinski definition) is 8. The Kier molecular flexibility index (Phi) is 8.80. The van der Waals surface area contributed by atoms with Crippen molar-refractivity contribution in [3.63, 3.8) is 0 Å². The molecule has 1 aliphatic heterocycles. The minimum absolute atomic E-state index is 0.0116. The van der Waals surface area contributed by atoms with Crippen molar-refractivity contribution >= 4 is 39.0 Å². The first kappa shape index (κ1) is 33.1. The third-order valence-electron chi connectivity index (χ3n) is 6.66. The molecule has 3 aromatic rings. The number of nitrogens with one attached hydrogen (secondary N) is 2. The van der Waals surface area contributed by atoms with E-state index in [-0.39, 0.29) is 21.8 Å². The molecule has 1 amide bonds. The highest BCUT2D eigenvalue weighted by Gasteiger charge is 2.68. The first-order valence-corrected chi connectivity index (χ1v) is 14.7. The van der Waals surface area contributed by atoms with E-state index in [1.807, 2.05) is 6.07 Å². The Labute approximate surface area is 257 Å². The van der Waals surface area contributed by atoms with Crippen molar-refractivity contribution in [1.29, 1.82) is 5.26 Å². The van der Waals surface area contributed by atoms with Crippen molar-refractivity contribution in [2.75, 3.05) is 17.4 Å². The summed E-state index contributed by atoms with van der Waals surface area (Å²) in [5, 5.41) is 25.9. The summed E-state index contributed by atoms with van der Waals surface area (Å²) in [6, 6.07) is 18.5. The first-order valence-electron chi connectivity index (χ1n) is 13.2. The number of rotatable bonds is 8. The fraction of sp³-hybridized carbons (Fsp3) is 0.267. The molecule has 0 aliphatic carbocycles. The number of carboxylic acids is 1. The van der Waals surface area contributed by atoms with Crippen LogP contribution in [0.2, 0.25) is 0 Å². The minimum atomic E-state index is -5.18. The number of nitriles is 1. The van der Waals surface area contributed by atoms with Gasteiger partial charge in [0.2, 0.25) is 10.0 Å². The second-order valence-corrected chi connectivity index (χ2v) is 12.7. The second kappa shape index (κ2) is 12.0. The lowest BCUT2D eigenvalue weighted by Crippen LogP contribution is -2.67. The lowest BCUT2D eigenvalue weighted by molar-refractivity contribution is -0.151. The van der Waals surface area contributed by atoms with Crippen LogP contribution < -0.4 is 15.0 Å². The number of sulfonamides is 1. The van der Waals surface area contributed by atoms with Crippen LogP contribution in [0.25, 0.3) is 11.1 Å². The van der Waals surface area contributed by atoms with E-state index in [0.717, 1.165) is 13.2 Å². The zero-order valence-electron chi connectivity index (χ0n) is 24.4. The van der Waals surface area contributed by atoms with Gasteiger partial charge in [-0.05, 0) is 62.7 Å². The molecular weight excluding hydrogens is 615 g/mol. The standard InChI is InChI=1S/C30H28F3N5O6S/c1-28(2,3)37-45(42,43)23-11-6-5-10-22(23)19-12-14-20(15-13-19)35-26(39)29(27(40)41)25(44-4)24(30(31,32)33)36-38(29)21-9-7-8-18(16-21)17-34/h5-16,25,37H,1-4H3,(H,35,39)(H,40,41). The third-order valence-corrected chi connectivity index (χ3v) is 8.47. The number of anilines is 2. The molecule has 236 valence electrons. The quantitative estimate of drug-likeness (QED) is 0.302. The van der Waals surface area contributed by atoms with Crippen molar-refractivity contribution in [3.05, 3.63) is 78.4 Å². The highest BCUT2D eigenvalue weighted by Crippen LogP contribution is 2.41. The Morgan fingerprint density at radius 3 is 2.24 bits per heavy atom. The maximum atomic E-state index is 14.1. The van der Waals surface area contributed by atoms with Crippen molar-refractivity contribution in [1.82, 2.24) is 4.72 Å². The summed E-state index contributed by atoms with van der Waals surface area (Å²) in [7, 11) is -3.13. The number of carbonyl (C=O) groups is 2. The van der Waals surface area contributed by atoms with Gasteiger partial charge in [0.25, 0.3) is 11.4 Å². The molecular formula is C30H28F3N5O6S. The van der Waals surface area contributed by atoms with E-state index in [1.54, 1.807) is 39.0 Å². The molecule has 11 nitrogen and oxygen atoms in total. The molecule has 0 aromatic heterocycles. The Bertz CT molecular complexity index is 1810. The van der Waals surface area contributed by atoms with Gasteiger partial charge in [-0.3, -0.25) is 4.79 Å². The van der Waals surface area contributed by atoms with Crippen molar-refractivity contribution < 1.29 is 41.0 Å². The third kappa shape index (κ3) is 6.39. The van der Waals surface area contributed by atoms with E-state index in [0.29, 0.717) is 16.1 Å². The van der Waals surface area contributed by atoms with Crippen LogP contribution in [-0.4, -0.2) is 61.6 Å². The molecule has 1 heterocycles. The molecule has 3 N–H and O–H groups in total. The number of ether oxygens (including phenoxy) is 1. The van der Waals surface area contributed by atoms with Gasteiger partial charge in [0.05, 0.1) is 22.2 Å². The number of halogens is 3. The highest BCUT2D eigenvalue weighted by molar-refractivity contribution is 7.89. The number of alkyl halides is 3. The molecule has 45 heavy (non-hydrogen) atoms. The Balaban J connectivity index is 1.76. The molecule has 0 saturated heterocycles. The molecule has 0 saturated carbocycles. The molecule has 2 unspecified atom stereocenters. The number of amides is 1. The molecule has 0 fully saturated rings. The average molecular weight is 644 g/mol. The van der Waals surface area contributed by atoms with Crippen LogP contribution in [0.5, 0.6) is 0 Å². The predicted octanol–water partition coefficient (Wildman–Crippen LogP) is 4.52. The summed E-state index contributed by atoms with van der Waals surface area (Å²) in [4.78, 5) is 26.7. The summed E-state index contributed by atoms with van der Waals surface area (Å²) < 4.78 is 76.0. The SMILES string of the molecule is COC1C(C(F)(F)F)=NN(c2cccc(C#N)c2)C1(C(=O)O)C(=O)Nc1ccc(-c2ccccc2S(=O)(=O)NC(C)(C)C)cc1. The van der Waals surface area contributed by atoms with Gasteiger partial charge in [-0.15, -0.1) is 0 Å². The minimum Gasteiger partial charge on any atom is -0.479 e. The molecule has 2 atom stereocenters. The molecule has 3 aromatic carbocycles. The van der Waals surface area contributed by atoms with Gasteiger partial charge in [-0.1, -0.05) is 36.4 Å². The van der Waals surface area contributed by atoms with Crippen LogP contribution in [0.4, 0.5) is 24.5 Å². The Morgan fingerprint density at radius 2 is 1.69 bits per heavy atom. The molecule has 0 bridgehead atoms. The summed E-state index contributed by atoms with van der Waals surface area (Å²) in [5.74, 6) is -3.42. The number of hydrazone groups is 1. The van der Waals surface area contributed by atoms with Gasteiger partial charge in [-0.2, -0.15) is 23.5 Å². The van der Waals surface area contributed by atoms with E-state index in [4.69, 9.17) is 4.74 Å². The Morgan fingerprint density at radius 1 is 1.04 bits per heavy atom. The second-order valence-electron chi connectivity index (χ2n) is 11.0. The van der Waals surface area contributed by atoms with Crippen LogP contribution in [0, 0.1) is 11.3 Å². The van der Waals surface area contributed by atoms with Crippen LogP contribution in [0.1, 0.15) is 26.3 Å². The Hall–Kier alpha value is -4.78. The number of benzene rings is 3. The van der Waals surface area contributed by atoms with Crippen LogP contribution >= 0.6 is 0 Å². The maximum absolute atomic E-state index is 14.1. The van der Waals surface area contributed by atoms with Gasteiger partial charge in [0.1, 0.15) is 0 Å². The molecule has 4 rings (SSSR count). The van der Waals surface area contributed by atoms with Gasteiger partial charge in [-0.25, -0.2) is 22.9 Å². The highest BCUT2D eigenvalue weighted by atomic mass is 32.2. The van der Waals surface area contributed by atoms with Gasteiger partial charge in [0.15, 0.2) is 11.8 Å². The molecule has 0 spiro atoms. The smallest absolute Gasteiger partial charge is 0.433 e. The predicted molar refractivity (Wildman–Crippen MR) is 159 cm³/mol. The fourth-order valence-electron chi connectivity index (χ4n) is 4.88. The van der Waals surface area contributed by atoms with Crippen molar-refractivity contribution in [2.45, 2.75) is 49.0 Å². The number of aliphatic carboxylic acids is 1. The zero-order valence-corrected chi connectivity index (χ0v) is 25.2. The summed E-state index contributed by atoms with van der Waals surface area (Å²) in [6.45, 7) is 5.07. The number of carboxylic acid groups (broad SMARTS) is 1. The summed E-state index contributed by atoms with van der Waals surface area (Å²) >= 11 is 0. The average Bonchev–Trinajstić information content (AvgIpc) is 3.34. The molecule has 15 heteroatoms. The van der Waals surface area contributed by atoms with Gasteiger partial charge >= 0.3 is 12.1 Å². The molecule has 1 aliphatic rings. The normalized spacial score (nSPS) is 18.7. The van der Waals surface area contributed by atoms with E-state index >= 15 is 0 Å². The van der Waals surface area contributed by atoms with Gasteiger partial charge < -0.3 is 15.2 Å². The van der Waals surface area contributed by atoms with Crippen molar-refractivity contribution in [2.24, 2.45) is 5.10 Å². The number of nitrogens with zero attached hydrogens (tertiary/aromatic N) is 3. The number of carbonyl (C=O) groups excluding carboxylic acids is 1. The lowest BCUT2D eigenvalue weighted by Gasteiger charge is -2.36.